The monoisotopic (exact) mass is 470 g/mol. The molecule has 0 aromatic heterocycles. The molecule has 0 bridgehead atoms. The maximum atomic E-state index is 14.1. The molecule has 4 aliphatic carbocycles. The van der Waals surface area contributed by atoms with Gasteiger partial charge in [0.2, 0.25) is 0 Å². The quantitative estimate of drug-likeness (QED) is 0.450. The minimum atomic E-state index is -0.734. The highest BCUT2D eigenvalue weighted by molar-refractivity contribution is 6.23. The maximum Gasteiger partial charge on any atom is 0.325 e. The third kappa shape index (κ3) is 4.15. The van der Waals surface area contributed by atoms with E-state index in [1.54, 1.807) is 0 Å². The summed E-state index contributed by atoms with van der Waals surface area (Å²) in [4.78, 5) is 42.0. The molecule has 0 aromatic carbocycles. The Morgan fingerprint density at radius 2 is 1.59 bits per heavy atom. The van der Waals surface area contributed by atoms with Crippen molar-refractivity contribution in [2.24, 2.45) is 28.6 Å². The van der Waals surface area contributed by atoms with Crippen LogP contribution in [0.25, 0.3) is 0 Å². The van der Waals surface area contributed by atoms with Crippen LogP contribution < -0.4 is 5.32 Å². The van der Waals surface area contributed by atoms with E-state index in [9.17, 15) is 14.4 Å². The van der Waals surface area contributed by atoms with Crippen LogP contribution in [0.4, 0.5) is 4.79 Å². The van der Waals surface area contributed by atoms with Crippen LogP contribution in [0.2, 0.25) is 0 Å². The van der Waals surface area contributed by atoms with Crippen molar-refractivity contribution in [3.05, 3.63) is 11.1 Å². The van der Waals surface area contributed by atoms with Crippen molar-refractivity contribution in [2.75, 3.05) is 0 Å². The Morgan fingerprint density at radius 1 is 0.912 bits per heavy atom. The van der Waals surface area contributed by atoms with Crippen molar-refractivity contribution < 1.29 is 14.4 Å². The van der Waals surface area contributed by atoms with Gasteiger partial charge in [0.1, 0.15) is 0 Å². The highest BCUT2D eigenvalue weighted by Crippen LogP contribution is 2.65. The summed E-state index contributed by atoms with van der Waals surface area (Å²) in [5.74, 6) is 1.54. The number of ketones is 1. The van der Waals surface area contributed by atoms with E-state index in [4.69, 9.17) is 0 Å². The average molecular weight is 471 g/mol. The topological polar surface area (TPSA) is 66.5 Å². The van der Waals surface area contributed by atoms with Gasteiger partial charge in [-0.05, 0) is 121 Å². The molecule has 5 nitrogen and oxygen atoms in total. The Labute approximate surface area is 206 Å². The number of nitrogens with zero attached hydrogens (tertiary/aromatic N) is 1. The highest BCUT2D eigenvalue weighted by atomic mass is 16.2. The van der Waals surface area contributed by atoms with E-state index in [-0.39, 0.29) is 11.2 Å². The van der Waals surface area contributed by atoms with E-state index < -0.39 is 23.0 Å². The molecule has 0 aliphatic heterocycles. The normalized spacial score (nSPS) is 35.9. The molecule has 0 radical (unpaired) electrons. The summed E-state index contributed by atoms with van der Waals surface area (Å²) >= 11 is 0. The number of amides is 3. The predicted molar refractivity (Wildman–Crippen MR) is 135 cm³/mol. The van der Waals surface area contributed by atoms with Crippen molar-refractivity contribution >= 4 is 17.7 Å². The molecule has 0 saturated heterocycles. The molecular formula is C29H46N2O3. The van der Waals surface area contributed by atoms with E-state index >= 15 is 0 Å². The highest BCUT2D eigenvalue weighted by Gasteiger charge is 2.58. The lowest BCUT2D eigenvalue weighted by Crippen LogP contribution is -2.58. The van der Waals surface area contributed by atoms with Crippen LogP contribution in [0.3, 0.4) is 0 Å². The van der Waals surface area contributed by atoms with Crippen LogP contribution >= 0.6 is 0 Å². The summed E-state index contributed by atoms with van der Waals surface area (Å²) in [7, 11) is 0. The third-order valence-corrected chi connectivity index (χ3v) is 9.68. The molecule has 3 saturated carbocycles. The van der Waals surface area contributed by atoms with Crippen molar-refractivity contribution in [1.29, 1.82) is 0 Å². The van der Waals surface area contributed by atoms with Crippen LogP contribution in [0.5, 0.6) is 0 Å². The van der Waals surface area contributed by atoms with Crippen molar-refractivity contribution in [2.45, 2.75) is 124 Å². The van der Waals surface area contributed by atoms with Crippen molar-refractivity contribution in [3.8, 4) is 0 Å². The zero-order valence-electron chi connectivity index (χ0n) is 22.8. The number of fused-ring (bicyclic) bond motifs is 5. The lowest BCUT2D eigenvalue weighted by atomic mass is 9.47. The first-order valence-corrected chi connectivity index (χ1v) is 13.5. The maximum absolute atomic E-state index is 14.1. The smallest absolute Gasteiger partial charge is 0.325 e. The van der Waals surface area contributed by atoms with Gasteiger partial charge < -0.3 is 5.32 Å². The SMILES string of the molecule is CC(C)(C)NC(=O)N(C(=O)C1=C2CC[C@@H]3[C@@H](CC[C@]4(C)CCC[C@@H]34)[C@@]2(C)CCC1=O)C(C)(C)C. The lowest BCUT2D eigenvalue weighted by Gasteiger charge is -2.58. The number of hydrogen-bond donors (Lipinski definition) is 1. The van der Waals surface area contributed by atoms with E-state index in [1.807, 2.05) is 41.5 Å². The number of imide groups is 1. The average Bonchev–Trinajstić information content (AvgIpc) is 3.07. The van der Waals surface area contributed by atoms with Crippen molar-refractivity contribution in [3.63, 3.8) is 0 Å². The van der Waals surface area contributed by atoms with Gasteiger partial charge in [-0.3, -0.25) is 14.5 Å². The number of carbonyl (C=O) groups is 3. The molecule has 0 aromatic rings. The van der Waals surface area contributed by atoms with Gasteiger partial charge in [-0.15, -0.1) is 0 Å². The zero-order valence-corrected chi connectivity index (χ0v) is 22.8. The molecule has 5 atom stereocenters. The molecule has 0 unspecified atom stereocenters. The molecule has 0 spiro atoms. The molecule has 5 heteroatoms. The molecular weight excluding hydrogens is 424 g/mol. The fourth-order valence-corrected chi connectivity index (χ4v) is 8.15. The minimum absolute atomic E-state index is 0.0738. The summed E-state index contributed by atoms with van der Waals surface area (Å²) in [6.07, 6.45) is 9.63. The number of allylic oxidation sites excluding steroid dienone is 1. The van der Waals surface area contributed by atoms with Crippen LogP contribution in [0.15, 0.2) is 11.1 Å². The van der Waals surface area contributed by atoms with Crippen molar-refractivity contribution in [1.82, 2.24) is 10.2 Å². The number of nitrogens with one attached hydrogen (secondary N) is 1. The Hall–Kier alpha value is -1.65. The van der Waals surface area contributed by atoms with Gasteiger partial charge in [0.15, 0.2) is 5.78 Å². The summed E-state index contributed by atoms with van der Waals surface area (Å²) in [5, 5.41) is 2.95. The molecule has 4 aliphatic rings. The van der Waals surface area contributed by atoms with E-state index in [2.05, 4.69) is 19.2 Å². The first-order valence-electron chi connectivity index (χ1n) is 13.5. The number of rotatable bonds is 1. The van der Waals surface area contributed by atoms with E-state index in [1.165, 1.54) is 37.0 Å². The van der Waals surface area contributed by atoms with Gasteiger partial charge in [-0.2, -0.15) is 0 Å². The Kier molecular flexibility index (Phi) is 6.13. The second kappa shape index (κ2) is 8.20. The van der Waals surface area contributed by atoms with Gasteiger partial charge >= 0.3 is 6.03 Å². The summed E-state index contributed by atoms with van der Waals surface area (Å²) in [6.45, 7) is 16.1. The number of hydrogen-bond acceptors (Lipinski definition) is 3. The van der Waals surface area contributed by atoms with Crippen LogP contribution in [0, 0.1) is 28.6 Å². The van der Waals surface area contributed by atoms with Gasteiger partial charge in [-0.1, -0.05) is 20.3 Å². The Balaban J connectivity index is 1.73. The van der Waals surface area contributed by atoms with Gasteiger partial charge in [0, 0.05) is 17.5 Å². The largest absolute Gasteiger partial charge is 0.333 e. The van der Waals surface area contributed by atoms with Gasteiger partial charge in [0.25, 0.3) is 5.91 Å². The standard InChI is InChI=1S/C29H46N2O3/c1-26(2,3)30-25(34)31(27(4,5)6)24(33)23-21-12-11-18-19-10-9-15-28(19,7)16-13-20(18)29(21,8)17-14-22(23)32/h18-20H,9-17H2,1-8H3,(H,30,34)/t18-,19-,20+,28-,29+/m0/s1. The summed E-state index contributed by atoms with van der Waals surface area (Å²) in [6, 6.07) is -0.425. The number of carbonyl (C=O) groups excluding carboxylic acids is 3. The van der Waals surface area contributed by atoms with Crippen LogP contribution in [0.1, 0.15) is 113 Å². The predicted octanol–water partition coefficient (Wildman–Crippen LogP) is 6.41. The summed E-state index contributed by atoms with van der Waals surface area (Å²) in [5.41, 5.74) is 0.533. The Bertz CT molecular complexity index is 921. The van der Waals surface area contributed by atoms with Gasteiger partial charge in [-0.25, -0.2) is 4.79 Å². The molecule has 1 N–H and O–H groups in total. The Morgan fingerprint density at radius 3 is 2.21 bits per heavy atom. The van der Waals surface area contributed by atoms with Gasteiger partial charge in [0.05, 0.1) is 5.57 Å². The first kappa shape index (κ1) is 25.4. The molecule has 190 valence electrons. The zero-order chi connectivity index (χ0) is 25.3. The molecule has 3 amide bonds. The van der Waals surface area contributed by atoms with Crippen LogP contribution in [-0.4, -0.2) is 33.7 Å². The number of Topliss-reactive ketones (excluding diaryl/α,β-unsaturated/α-hetero) is 1. The number of urea groups is 1. The molecule has 3 fully saturated rings. The second-order valence-electron chi connectivity index (χ2n) is 14.2. The van der Waals surface area contributed by atoms with E-state index in [0.717, 1.165) is 30.8 Å². The molecule has 34 heavy (non-hydrogen) atoms. The second-order valence-corrected chi connectivity index (χ2v) is 14.2. The lowest BCUT2D eigenvalue weighted by molar-refractivity contribution is -0.132. The third-order valence-electron chi connectivity index (χ3n) is 9.68. The first-order chi connectivity index (χ1) is 15.6. The summed E-state index contributed by atoms with van der Waals surface area (Å²) < 4.78 is 0. The fraction of sp³-hybridized carbons (Fsp3) is 0.828. The minimum Gasteiger partial charge on any atom is -0.333 e. The van der Waals surface area contributed by atoms with E-state index in [0.29, 0.717) is 29.2 Å². The fourth-order valence-electron chi connectivity index (χ4n) is 8.15. The van der Waals surface area contributed by atoms with Crippen LogP contribution in [-0.2, 0) is 9.59 Å². The molecule has 0 heterocycles. The molecule has 4 rings (SSSR count).